The summed E-state index contributed by atoms with van der Waals surface area (Å²) in [6.07, 6.45) is 1.74. The van der Waals surface area contributed by atoms with Gasteiger partial charge in [-0.25, -0.2) is 8.42 Å². The van der Waals surface area contributed by atoms with Gasteiger partial charge in [0.1, 0.15) is 5.75 Å². The topological polar surface area (TPSA) is 142 Å². The van der Waals surface area contributed by atoms with Gasteiger partial charge in [-0.05, 0) is 71.8 Å². The van der Waals surface area contributed by atoms with Crippen molar-refractivity contribution in [2.24, 2.45) is 4.99 Å². The fourth-order valence-corrected chi connectivity index (χ4v) is 6.01. The normalized spacial score (nSPS) is 15.4. The number of aliphatic imine (C=N–C) groups is 1. The highest BCUT2D eigenvalue weighted by atomic mass is 32.2. The van der Waals surface area contributed by atoms with E-state index in [-0.39, 0.29) is 23.8 Å². The first kappa shape index (κ1) is 31.8. The molecule has 1 fully saturated rings. The average molecular weight is 635 g/mol. The number of benzene rings is 3. The third-order valence-corrected chi connectivity index (χ3v) is 8.92. The zero-order chi connectivity index (χ0) is 31.6. The van der Waals surface area contributed by atoms with Gasteiger partial charge in [0.2, 0.25) is 0 Å². The van der Waals surface area contributed by atoms with Crippen LogP contribution < -0.4 is 25.2 Å². The van der Waals surface area contributed by atoms with Gasteiger partial charge in [0.25, 0.3) is 15.9 Å². The Morgan fingerprint density at radius 2 is 1.64 bits per heavy atom. The largest absolute Gasteiger partial charge is 0.497 e. The van der Waals surface area contributed by atoms with Crippen molar-refractivity contribution in [3.05, 3.63) is 90.0 Å². The Hall–Kier alpha value is -4.62. The quantitative estimate of drug-likeness (QED) is 0.257. The van der Waals surface area contributed by atoms with Crippen molar-refractivity contribution in [3.8, 4) is 5.75 Å². The number of nitrogens with one attached hydrogen (secondary N) is 3. The molecule has 1 amide bonds. The van der Waals surface area contributed by atoms with E-state index in [2.05, 4.69) is 37.4 Å². The van der Waals surface area contributed by atoms with E-state index in [9.17, 15) is 18.0 Å². The lowest BCUT2D eigenvalue weighted by Crippen LogP contribution is -2.48. The third-order valence-electron chi connectivity index (χ3n) is 7.72. The van der Waals surface area contributed by atoms with Crippen LogP contribution in [0.5, 0.6) is 5.75 Å². The van der Waals surface area contributed by atoms with Crippen LogP contribution >= 0.6 is 0 Å². The fraction of sp³-hybridized carbons (Fsp3) is 0.344. The molecule has 3 aromatic carbocycles. The minimum Gasteiger partial charge on any atom is -0.497 e. The van der Waals surface area contributed by atoms with E-state index in [0.717, 1.165) is 63.0 Å². The molecule has 3 N–H and O–H groups in total. The van der Waals surface area contributed by atoms with Crippen molar-refractivity contribution in [1.82, 2.24) is 20.4 Å². The van der Waals surface area contributed by atoms with E-state index in [1.54, 1.807) is 42.3 Å². The van der Waals surface area contributed by atoms with Crippen molar-refractivity contribution in [3.63, 3.8) is 0 Å². The van der Waals surface area contributed by atoms with Gasteiger partial charge < -0.3 is 30.0 Å². The summed E-state index contributed by atoms with van der Waals surface area (Å²) in [5.41, 5.74) is 2.72. The molecule has 0 spiro atoms. The molecule has 0 unspecified atom stereocenters. The van der Waals surface area contributed by atoms with Crippen molar-refractivity contribution < 1.29 is 27.6 Å². The molecule has 45 heavy (non-hydrogen) atoms. The van der Waals surface area contributed by atoms with Crippen LogP contribution in [-0.4, -0.2) is 77.0 Å². The van der Waals surface area contributed by atoms with Crippen LogP contribution in [0.4, 0.5) is 5.69 Å². The smallest absolute Gasteiger partial charge is 0.327 e. The van der Waals surface area contributed by atoms with Gasteiger partial charge in [-0.15, -0.1) is 0 Å². The van der Waals surface area contributed by atoms with Crippen molar-refractivity contribution in [2.45, 2.75) is 36.7 Å². The molecule has 0 atom stereocenters. The Bertz CT molecular complexity index is 1570. The van der Waals surface area contributed by atoms with E-state index in [4.69, 9.17) is 9.73 Å². The van der Waals surface area contributed by atoms with Crippen LogP contribution in [0.1, 0.15) is 35.2 Å². The van der Waals surface area contributed by atoms with Gasteiger partial charge >= 0.3 is 5.97 Å². The number of ether oxygens (including phenoxy) is 1. The minimum absolute atomic E-state index is 0.00415. The van der Waals surface area contributed by atoms with E-state index in [1.165, 1.54) is 17.7 Å². The molecule has 1 saturated heterocycles. The lowest BCUT2D eigenvalue weighted by Gasteiger charge is -2.35. The maximum atomic E-state index is 12.6. The lowest BCUT2D eigenvalue weighted by atomic mass is 10.0. The van der Waals surface area contributed by atoms with Crippen LogP contribution in [0.2, 0.25) is 0 Å². The second kappa shape index (κ2) is 14.9. The van der Waals surface area contributed by atoms with Gasteiger partial charge in [-0.2, -0.15) is 0 Å². The predicted octanol–water partition coefficient (Wildman–Crippen LogP) is 2.68. The Labute approximate surface area is 263 Å². The Morgan fingerprint density at radius 3 is 2.33 bits per heavy atom. The van der Waals surface area contributed by atoms with E-state index < -0.39 is 16.0 Å². The van der Waals surface area contributed by atoms with Crippen LogP contribution in [0, 0.1) is 0 Å². The third kappa shape index (κ3) is 8.73. The number of guanidine groups is 1. The zero-order valence-electron chi connectivity index (χ0n) is 25.1. The summed E-state index contributed by atoms with van der Waals surface area (Å²) in [6.45, 7) is 4.24. The van der Waals surface area contributed by atoms with Crippen molar-refractivity contribution in [1.29, 1.82) is 0 Å². The number of hydrogen-bond acceptors (Lipinski definition) is 10. The number of carbonyl (C=O) groups excluding carboxylic acids is 2. The molecular weight excluding hydrogens is 596 g/mol. The maximum absolute atomic E-state index is 12.6. The molecule has 5 rings (SSSR count). The number of amides is 1. The standard InChI is InChI=1S/C32H38N6O6S/c1-43-28-13-7-24(8-14-28)23-38-22-19-34-32(38)35-26-16-20-37(21-17-26)27-11-9-25(10-12-27)31(40)33-18-15-30(39)44-36-45(41,42)29-5-3-2-4-6-29/h2-14,26,36H,15-23H2,1H3,(H,33,40)(H,34,35). The SMILES string of the molecule is COc1ccc(CN2CCN=C2NC2CCN(c3ccc(C(=O)NCCC(=O)ONS(=O)(=O)c4ccccc4)cc3)CC2)cc1. The molecule has 0 saturated carbocycles. The Morgan fingerprint density at radius 1 is 0.933 bits per heavy atom. The monoisotopic (exact) mass is 634 g/mol. The molecule has 0 radical (unpaired) electrons. The fourth-order valence-electron chi connectivity index (χ4n) is 5.19. The first-order chi connectivity index (χ1) is 21.8. The predicted molar refractivity (Wildman–Crippen MR) is 170 cm³/mol. The highest BCUT2D eigenvalue weighted by molar-refractivity contribution is 7.89. The zero-order valence-corrected chi connectivity index (χ0v) is 26.0. The molecule has 238 valence electrons. The molecular formula is C32H38N6O6S. The van der Waals surface area contributed by atoms with Crippen LogP contribution in [0.25, 0.3) is 0 Å². The van der Waals surface area contributed by atoms with E-state index in [1.807, 2.05) is 24.3 Å². The molecule has 2 aliphatic heterocycles. The number of piperidine rings is 1. The highest BCUT2D eigenvalue weighted by Gasteiger charge is 2.24. The lowest BCUT2D eigenvalue weighted by molar-refractivity contribution is -0.146. The summed E-state index contributed by atoms with van der Waals surface area (Å²) in [5, 5.41) is 6.32. The summed E-state index contributed by atoms with van der Waals surface area (Å²) in [5.74, 6) is 0.662. The molecule has 0 aromatic heterocycles. The number of anilines is 1. The average Bonchev–Trinajstić information content (AvgIpc) is 3.51. The Balaban J connectivity index is 1.01. The summed E-state index contributed by atoms with van der Waals surface area (Å²) in [6, 6.07) is 23.4. The summed E-state index contributed by atoms with van der Waals surface area (Å²) >= 11 is 0. The van der Waals surface area contributed by atoms with Gasteiger partial charge in [0.05, 0.1) is 25.0 Å². The second-order valence-corrected chi connectivity index (χ2v) is 12.5. The number of hydrogen-bond donors (Lipinski definition) is 3. The summed E-state index contributed by atoms with van der Waals surface area (Å²) in [4.78, 5) is 40.3. The van der Waals surface area contributed by atoms with Gasteiger partial charge in [0.15, 0.2) is 5.96 Å². The molecule has 2 heterocycles. The molecule has 3 aromatic rings. The van der Waals surface area contributed by atoms with Crippen LogP contribution in [0.3, 0.4) is 0 Å². The van der Waals surface area contributed by atoms with E-state index >= 15 is 0 Å². The number of methoxy groups -OCH3 is 1. The molecule has 13 heteroatoms. The maximum Gasteiger partial charge on any atom is 0.327 e. The van der Waals surface area contributed by atoms with Crippen molar-refractivity contribution in [2.75, 3.05) is 44.7 Å². The van der Waals surface area contributed by atoms with Gasteiger partial charge in [0, 0.05) is 50.0 Å². The minimum atomic E-state index is -3.98. The van der Waals surface area contributed by atoms with Gasteiger partial charge in [-0.1, -0.05) is 30.3 Å². The highest BCUT2D eigenvalue weighted by Crippen LogP contribution is 2.22. The molecule has 0 bridgehead atoms. The van der Waals surface area contributed by atoms with E-state index in [0.29, 0.717) is 11.6 Å². The number of nitrogens with zero attached hydrogens (tertiary/aromatic N) is 3. The van der Waals surface area contributed by atoms with Crippen LogP contribution in [-0.2, 0) is 26.2 Å². The van der Waals surface area contributed by atoms with Gasteiger partial charge in [-0.3, -0.25) is 14.6 Å². The first-order valence-electron chi connectivity index (χ1n) is 14.9. The Kier molecular flexibility index (Phi) is 10.5. The molecule has 12 nitrogen and oxygen atoms in total. The molecule has 0 aliphatic carbocycles. The van der Waals surface area contributed by atoms with Crippen molar-refractivity contribution >= 4 is 33.5 Å². The molecule has 2 aliphatic rings. The number of sulfonamides is 1. The first-order valence-corrected chi connectivity index (χ1v) is 16.4. The number of rotatable bonds is 12. The summed E-state index contributed by atoms with van der Waals surface area (Å²) in [7, 11) is -2.31. The second-order valence-electron chi connectivity index (χ2n) is 10.8. The van der Waals surface area contributed by atoms with Crippen LogP contribution in [0.15, 0.2) is 88.8 Å². The summed E-state index contributed by atoms with van der Waals surface area (Å²) < 4.78 is 29.5. The number of carbonyl (C=O) groups is 2.